The highest BCUT2D eigenvalue weighted by Crippen LogP contribution is 2.57. The number of nitrogen functional groups attached to an aromatic ring is 5. The molecular formula is C72H89N25O36P7S7-7. The molecule has 7 fully saturated rings. The van der Waals surface area contributed by atoms with Gasteiger partial charge in [0.15, 0.2) is 40.6 Å². The van der Waals surface area contributed by atoms with Gasteiger partial charge >= 0.3 is 22.8 Å². The summed E-state index contributed by atoms with van der Waals surface area (Å²) in [5.74, 6) is -0.923. The van der Waals surface area contributed by atoms with Gasteiger partial charge in [-0.1, -0.05) is 77.8 Å². The third kappa shape index (κ3) is 25.7. The van der Waals surface area contributed by atoms with Crippen molar-refractivity contribution in [3.05, 3.63) is 156 Å². The number of rotatable bonds is 41. The Labute approximate surface area is 860 Å². The fraction of sp³-hybridized carbons (Fsp3) is 0.569. The van der Waals surface area contributed by atoms with Crippen LogP contribution in [0.1, 0.15) is 124 Å². The Morgan fingerprint density at radius 2 is 0.646 bits per heavy atom. The third-order valence-electron chi connectivity index (χ3n) is 24.2. The molecule has 802 valence electrons. The summed E-state index contributed by atoms with van der Waals surface area (Å²) in [7, 11) is 1.05. The maximum absolute atomic E-state index is 15.0. The fourth-order valence-electron chi connectivity index (χ4n) is 17.1. The molecule has 0 amide bonds. The maximum Gasteiger partial charge on any atom is 0.351 e. The molecule has 17 rings (SSSR count). The van der Waals surface area contributed by atoms with Gasteiger partial charge in [0.05, 0.1) is 107 Å². The Morgan fingerprint density at radius 3 is 0.986 bits per heavy atom. The van der Waals surface area contributed by atoms with Crippen LogP contribution in [0.2, 0.25) is 0 Å². The third-order valence-corrected chi connectivity index (χ3v) is 35.3. The van der Waals surface area contributed by atoms with Gasteiger partial charge in [-0.2, -0.15) is 19.9 Å². The van der Waals surface area contributed by atoms with E-state index in [1.807, 2.05) is 0 Å². The molecule has 147 heavy (non-hydrogen) atoms. The molecule has 10 aromatic heterocycles. The Morgan fingerprint density at radius 1 is 0.361 bits per heavy atom. The van der Waals surface area contributed by atoms with Crippen LogP contribution >= 0.6 is 47.1 Å². The van der Waals surface area contributed by atoms with Crippen LogP contribution in [0.3, 0.4) is 0 Å². The highest BCUT2D eigenvalue weighted by molar-refractivity contribution is 8.32. The van der Waals surface area contributed by atoms with E-state index < -0.39 is 280 Å². The lowest BCUT2D eigenvalue weighted by Crippen LogP contribution is -2.34. The van der Waals surface area contributed by atoms with Crippen molar-refractivity contribution in [2.75, 3.05) is 75.4 Å². The minimum atomic E-state index is -5.07. The number of anilines is 5. The molecule has 0 aromatic carbocycles. The van der Waals surface area contributed by atoms with Gasteiger partial charge in [-0.05, 0) is 34.1 Å². The molecule has 75 heteroatoms. The number of ether oxygens (including phenoxy) is 7. The molecule has 7 aliphatic heterocycles. The zero-order valence-electron chi connectivity index (χ0n) is 76.9. The van der Waals surface area contributed by atoms with E-state index in [0.717, 1.165) is 37.9 Å². The van der Waals surface area contributed by atoms with E-state index in [9.17, 15) is 72.3 Å². The number of hydrogen-bond acceptors (Lipinski definition) is 57. The van der Waals surface area contributed by atoms with Gasteiger partial charge in [0.25, 0.3) is 22.2 Å². The molecule has 17 heterocycles. The molecule has 7 saturated heterocycles. The van der Waals surface area contributed by atoms with Gasteiger partial charge in [-0.25, -0.2) is 44.1 Å². The quantitative estimate of drug-likeness (QED) is 0.0135. The summed E-state index contributed by atoms with van der Waals surface area (Å²) < 4.78 is 149. The van der Waals surface area contributed by atoms with E-state index in [1.54, 1.807) is 6.92 Å². The smallest absolute Gasteiger partial charge is 0.351 e. The molecule has 61 nitrogen and oxygen atoms in total. The normalized spacial score (nSPS) is 29.4. The van der Waals surface area contributed by atoms with Crippen LogP contribution in [-0.2, 0) is 184 Å². The van der Waals surface area contributed by atoms with Crippen LogP contribution in [0.5, 0.6) is 0 Å². The summed E-state index contributed by atoms with van der Waals surface area (Å²) in [6.45, 7) is -31.3. The van der Waals surface area contributed by atoms with E-state index in [1.165, 1.54) is 79.0 Å². The number of aromatic nitrogens is 20. The first-order valence-electron chi connectivity index (χ1n) is 43.9. The van der Waals surface area contributed by atoms with Gasteiger partial charge in [0, 0.05) is 99.1 Å². The summed E-state index contributed by atoms with van der Waals surface area (Å²) in [5, 5.41) is 0. The van der Waals surface area contributed by atoms with Gasteiger partial charge in [0.2, 0.25) is 11.9 Å². The number of aryl methyl sites for hydroxylation is 4. The van der Waals surface area contributed by atoms with Gasteiger partial charge < -0.3 is 167 Å². The predicted molar refractivity (Wildman–Crippen MR) is 520 cm³/mol. The number of fused-ring (bicyclic) bond motifs is 3. The fourth-order valence-corrected chi connectivity index (χ4v) is 26.8. The van der Waals surface area contributed by atoms with Crippen LogP contribution in [0.15, 0.2) is 88.5 Å². The van der Waals surface area contributed by atoms with Crippen molar-refractivity contribution in [2.45, 2.75) is 215 Å². The van der Waals surface area contributed by atoms with Crippen molar-refractivity contribution in [1.29, 1.82) is 0 Å². The Balaban J connectivity index is 0.580. The largest absolute Gasteiger partial charge is 0.780 e. The molecule has 0 spiro atoms. The molecular weight excluding hydrogens is 2230 g/mol. The van der Waals surface area contributed by atoms with Crippen molar-refractivity contribution in [1.82, 2.24) is 96.8 Å². The summed E-state index contributed by atoms with van der Waals surface area (Å²) in [4.78, 5) is 237. The van der Waals surface area contributed by atoms with Crippen LogP contribution in [0, 0.1) is 27.7 Å². The number of imidazole rings is 3. The average molecular weight is 2320 g/mol. The van der Waals surface area contributed by atoms with Crippen LogP contribution in [0.4, 0.5) is 29.4 Å². The molecule has 0 bridgehead atoms. The zero-order chi connectivity index (χ0) is 106. The number of H-pyrrole nitrogens is 4. The standard InChI is InChI=1S/C72H96N25O36P7S7/c1-7-33-34(8-47(120-33)93-17-31(4)63(98)89-71(93)104)128-135(107,142)114-24-46-40(14-53(126-46)97-28-82-56-62(97)86-68(77)88-66(56)101)133-140(112,147)118-22-44-38(11-50(123-44)94-18-32(5)64(99)90-72(94)105)131-137(109,144)117-21-42-36(9-48(121-42)91-15-29(2)57(73)83-69(91)102)129-136(108,143)116-20-43-37(10-49(122-43)92-16-30(3)58(74)84-70(92)103)130-138(110,145)119-23-45-39(13-51(124-45)95-26-80-54-59(75)78-25-79-60(54)95)132-139(111,146)115-19-41-35(127-134(106,141)113-6)12-52(125-41)96-27-81-55-61(96)85-67(76)87-65(55)100/h15-18,25-28,33-53H,7-14,19-24H2,1-6H3,(H,106,141)(H,107,142)(H,108,143)(H,109,144)(H,110,145)(H,111,146)(H,112,147)(H2,73,83,102)(H2,74,84,103)(H2,75,78,79)(H,89,98,104)(H,90,99,105)(H3,76,85,87,100)(H3,77,86,88,101)/p-7/t33-,34?,35?,36?,37?,38?,39?,40?,41-,42-,43-,44-,45-,46-,47-,48-,49-,50-,51-,52-,53-,134?,135?,136?,137?,138?,139?,140?/m1/s1. The SMILES string of the molecule is CC[C@H]1O[C@@H](n2cc(C)c(=O)[nH]c2=O)CC1OP([O-])(=S)OC[C@H]1O[C@@H](n2cnc3c(=O)[nH]c(N)nc32)CC1OP(=O)([S-])OC[C@H]1O[C@@H](n2cc(C)c(=O)[nH]c2=O)CC1OP([O-])(=S)OC[C@H]1O[C@@H](n2cc(C)c(N)nc2=O)CC1OP([O-])(=S)OC[C@H]1O[C@@H](n2cc(C)c(N)nc2=O)CC1OP([O-])(=S)OC[C@H]1O[C@@H](n2cnc3c(N)ncnc32)CC1OP([O-])(=S)OC[C@H]1O[C@@H](n2cnc3c(=O)[nH]c(N)nc32)CC1OP([O-])(=S)OC. The van der Waals surface area contributed by atoms with Crippen molar-refractivity contribution in [3.63, 3.8) is 0 Å². The maximum atomic E-state index is 15.0. The summed E-state index contributed by atoms with van der Waals surface area (Å²) >= 11 is 38.1. The van der Waals surface area contributed by atoms with Crippen molar-refractivity contribution < 1.29 is 130 Å². The van der Waals surface area contributed by atoms with Crippen LogP contribution < -0.4 is 103 Å². The van der Waals surface area contributed by atoms with Crippen molar-refractivity contribution in [2.24, 2.45) is 0 Å². The second-order valence-corrected chi connectivity index (χ2v) is 53.2. The Hall–Kier alpha value is -7.23. The molecule has 0 saturated carbocycles. The van der Waals surface area contributed by atoms with E-state index in [2.05, 4.69) is 64.8 Å². The highest BCUT2D eigenvalue weighted by atomic mass is 32.7. The lowest BCUT2D eigenvalue weighted by Gasteiger charge is -2.36. The first-order valence-corrected chi connectivity index (χ1v) is 61.8. The molecule has 14 N–H and O–H groups in total. The average Bonchev–Trinajstić information content (AvgIpc) is 1.84. The lowest BCUT2D eigenvalue weighted by atomic mass is 10.1. The topological polar surface area (TPSA) is 830 Å². The first-order chi connectivity index (χ1) is 69.2. The van der Waals surface area contributed by atoms with E-state index in [4.69, 9.17) is 208 Å². The number of hydrogen-bond donors (Lipinski definition) is 9. The summed E-state index contributed by atoms with van der Waals surface area (Å²) in [6, 6.07) is 0. The first kappa shape index (κ1) is 111. The predicted octanol–water partition coefficient (Wildman–Crippen LogP) is -3.12. The second kappa shape index (κ2) is 44.3. The van der Waals surface area contributed by atoms with E-state index >= 15 is 0 Å². The number of nitrogens with zero attached hydrogens (tertiary/aromatic N) is 16. The summed E-state index contributed by atoms with van der Waals surface area (Å²) in [5.41, 5.74) is 24.1. The minimum Gasteiger partial charge on any atom is -0.780 e. The Kier molecular flexibility index (Phi) is 33.4. The molecule has 28 atom stereocenters. The second-order valence-electron chi connectivity index (χ2n) is 34.1. The van der Waals surface area contributed by atoms with Gasteiger partial charge in [0.1, 0.15) is 144 Å². The lowest BCUT2D eigenvalue weighted by molar-refractivity contribution is -0.221. The van der Waals surface area contributed by atoms with E-state index in [0.29, 0.717) is 0 Å². The molecule has 14 unspecified atom stereocenters. The zero-order valence-corrected chi connectivity index (χ0v) is 88.8. The van der Waals surface area contributed by atoms with Crippen molar-refractivity contribution in [3.8, 4) is 0 Å². The van der Waals surface area contributed by atoms with Crippen LogP contribution in [0.25, 0.3) is 33.5 Å². The van der Waals surface area contributed by atoms with E-state index in [-0.39, 0.29) is 117 Å². The molecule has 10 aromatic rings. The number of aromatic amines is 4. The molecule has 7 aliphatic rings. The van der Waals surface area contributed by atoms with Gasteiger partial charge in [-0.3, -0.25) is 75.6 Å². The molecule has 0 aliphatic carbocycles. The van der Waals surface area contributed by atoms with Crippen molar-refractivity contribution >= 4 is 193 Å². The molecule has 0 radical (unpaired) electrons. The highest BCUT2D eigenvalue weighted by Gasteiger charge is 2.50. The Bertz CT molecular complexity index is 7590. The summed E-state index contributed by atoms with van der Waals surface area (Å²) in [6.07, 6.45) is -20.9. The van der Waals surface area contributed by atoms with Gasteiger partial charge in [-0.15, -0.1) is 0 Å². The number of nitrogens with one attached hydrogen (secondary N) is 4. The minimum absolute atomic E-state index is 0.00814. The van der Waals surface area contributed by atoms with Crippen LogP contribution in [-0.4, -0.2) is 229 Å². The monoisotopic (exact) mass is 2320 g/mol. The number of nitrogens with two attached hydrogens (primary N) is 5.